The van der Waals surface area contributed by atoms with Gasteiger partial charge in [-0.1, -0.05) is 48.5 Å². The lowest BCUT2D eigenvalue weighted by atomic mass is 9.96. The Morgan fingerprint density at radius 1 is 1.02 bits per heavy atom. The van der Waals surface area contributed by atoms with Crippen molar-refractivity contribution in [1.82, 2.24) is 29.9 Å². The van der Waals surface area contributed by atoms with Gasteiger partial charge >= 0.3 is 0 Å². The first-order chi connectivity index (χ1) is 21.9. The van der Waals surface area contributed by atoms with Crippen LogP contribution in [0.5, 0.6) is 0 Å². The van der Waals surface area contributed by atoms with E-state index in [2.05, 4.69) is 44.6 Å². The molecule has 5 rings (SSSR count). The Morgan fingerprint density at radius 3 is 2.48 bits per heavy atom. The summed E-state index contributed by atoms with van der Waals surface area (Å²) in [5.41, 5.74) is 7.76. The first kappa shape index (κ1) is 32.8. The summed E-state index contributed by atoms with van der Waals surface area (Å²) in [6.45, 7) is 13.3. The minimum atomic E-state index is -4.02. The van der Waals surface area contributed by atoms with Crippen LogP contribution in [0, 0.1) is 27.7 Å². The van der Waals surface area contributed by atoms with Gasteiger partial charge in [0, 0.05) is 49.8 Å². The number of carbonyl (C=O) groups is 1. The second kappa shape index (κ2) is 13.4. The van der Waals surface area contributed by atoms with Crippen molar-refractivity contribution in [2.24, 2.45) is 0 Å². The number of aromatic nitrogens is 4. The van der Waals surface area contributed by atoms with Crippen molar-refractivity contribution in [3.05, 3.63) is 88.1 Å². The maximum Gasteiger partial charge on any atom is 0.263 e. The van der Waals surface area contributed by atoms with Crippen molar-refractivity contribution in [2.75, 3.05) is 24.9 Å². The summed E-state index contributed by atoms with van der Waals surface area (Å²) in [7, 11) is -2.04. The molecule has 11 nitrogen and oxygen atoms in total. The number of sulfonamides is 1. The molecule has 46 heavy (non-hydrogen) atoms. The van der Waals surface area contributed by atoms with E-state index in [9.17, 15) is 13.2 Å². The molecule has 2 aromatic carbocycles. The molecule has 242 valence electrons. The van der Waals surface area contributed by atoms with Gasteiger partial charge in [-0.15, -0.1) is 0 Å². The normalized spacial score (nSPS) is 11.8. The van der Waals surface area contributed by atoms with Crippen LogP contribution in [0.1, 0.15) is 53.4 Å². The molecule has 0 bridgehead atoms. The molecule has 1 amide bonds. The minimum Gasteiger partial charge on any atom is -0.359 e. The van der Waals surface area contributed by atoms with Gasteiger partial charge in [0.15, 0.2) is 11.5 Å². The van der Waals surface area contributed by atoms with Gasteiger partial charge < -0.3 is 19.3 Å². The van der Waals surface area contributed by atoms with Gasteiger partial charge in [0.05, 0.1) is 11.4 Å². The molecule has 0 fully saturated rings. The van der Waals surface area contributed by atoms with Crippen molar-refractivity contribution in [1.29, 1.82) is 0 Å². The van der Waals surface area contributed by atoms with E-state index in [4.69, 9.17) is 14.5 Å². The number of nitrogens with one attached hydrogen (secondary N) is 2. The van der Waals surface area contributed by atoms with Gasteiger partial charge in [-0.25, -0.2) is 18.4 Å². The summed E-state index contributed by atoms with van der Waals surface area (Å²) in [6.07, 6.45) is 0.758. The molecule has 0 atom stereocenters. The van der Waals surface area contributed by atoms with Crippen LogP contribution in [-0.2, 0) is 34.3 Å². The topological polar surface area (TPSA) is 135 Å². The number of hydrogen-bond donors (Lipinski definition) is 2. The zero-order chi connectivity index (χ0) is 33.2. The Morgan fingerprint density at radius 2 is 1.78 bits per heavy atom. The molecule has 3 heterocycles. The molecule has 0 aliphatic heterocycles. The molecule has 5 aromatic rings. The van der Waals surface area contributed by atoms with Crippen molar-refractivity contribution in [3.8, 4) is 11.1 Å². The molecule has 0 saturated carbocycles. The molecule has 2 N–H and O–H groups in total. The Kier molecular flexibility index (Phi) is 9.59. The number of rotatable bonds is 12. The number of fused-ring (bicyclic) bond motifs is 1. The third-order valence-electron chi connectivity index (χ3n) is 8.09. The second-order valence-electron chi connectivity index (χ2n) is 11.7. The highest BCUT2D eigenvalue weighted by molar-refractivity contribution is 7.92. The molecule has 0 spiro atoms. The Balaban J connectivity index is 1.58. The van der Waals surface area contributed by atoms with Crippen LogP contribution in [-0.4, -0.2) is 59.1 Å². The first-order valence-electron chi connectivity index (χ1n) is 15.3. The summed E-state index contributed by atoms with van der Waals surface area (Å²) >= 11 is 0. The van der Waals surface area contributed by atoms with Crippen molar-refractivity contribution < 1.29 is 17.7 Å². The standard InChI is InChI=1S/C34H41N7O4S/c1-8-31-37-32-21(2)17-22(3)36-34(32)41(31)19-26-13-14-28(27(18-26)20-40(7)16-15-35-25(6)42)29-11-9-10-12-30(29)46(43,44)39-33-23(4)24(5)45-38-33/h9-14,17-18H,8,15-16,19-20H2,1-7H3,(H,35,42)(H,38,39). The van der Waals surface area contributed by atoms with Crippen LogP contribution < -0.4 is 10.0 Å². The average molecular weight is 644 g/mol. The van der Waals surface area contributed by atoms with Crippen LogP contribution in [0.2, 0.25) is 0 Å². The summed E-state index contributed by atoms with van der Waals surface area (Å²) < 4.78 is 37.5. The first-order valence-corrected chi connectivity index (χ1v) is 16.8. The predicted molar refractivity (Wildman–Crippen MR) is 179 cm³/mol. The number of likely N-dealkylation sites (N-methyl/N-ethyl adjacent to an activating group) is 1. The van der Waals surface area contributed by atoms with Crippen LogP contribution in [0.3, 0.4) is 0 Å². The quantitative estimate of drug-likeness (QED) is 0.187. The molecule has 12 heteroatoms. The van der Waals surface area contributed by atoms with E-state index in [1.807, 2.05) is 44.3 Å². The number of nitrogens with zero attached hydrogens (tertiary/aromatic N) is 5. The maximum absolute atomic E-state index is 13.8. The minimum absolute atomic E-state index is 0.0846. The van der Waals surface area contributed by atoms with E-state index in [0.29, 0.717) is 43.1 Å². The van der Waals surface area contributed by atoms with Crippen LogP contribution in [0.15, 0.2) is 57.9 Å². The number of aryl methyl sites for hydroxylation is 4. The van der Waals surface area contributed by atoms with Crippen molar-refractivity contribution in [3.63, 3.8) is 0 Å². The predicted octanol–water partition coefficient (Wildman–Crippen LogP) is 5.30. The lowest BCUT2D eigenvalue weighted by Crippen LogP contribution is -2.31. The number of imidazole rings is 1. The zero-order valence-electron chi connectivity index (χ0n) is 27.4. The van der Waals surface area contributed by atoms with Gasteiger partial charge in [-0.05, 0) is 69.1 Å². The van der Waals surface area contributed by atoms with Gasteiger partial charge in [-0.3, -0.25) is 9.52 Å². The summed E-state index contributed by atoms with van der Waals surface area (Å²) in [4.78, 5) is 23.5. The van der Waals surface area contributed by atoms with Gasteiger partial charge in [0.1, 0.15) is 17.1 Å². The Bertz CT molecular complexity index is 2010. The van der Waals surface area contributed by atoms with E-state index in [1.54, 1.807) is 26.0 Å². The molecule has 0 saturated heterocycles. The van der Waals surface area contributed by atoms with Crippen LogP contribution in [0.25, 0.3) is 22.3 Å². The SMILES string of the molecule is CCc1nc2c(C)cc(C)nc2n1Cc1ccc(-c2ccccc2S(=O)(=O)Nc2noc(C)c2C)c(CN(C)CCNC(C)=O)c1. The molecule has 0 unspecified atom stereocenters. The van der Waals surface area contributed by atoms with Gasteiger partial charge in [0.25, 0.3) is 10.0 Å². The number of amides is 1. The lowest BCUT2D eigenvalue weighted by Gasteiger charge is -2.21. The van der Waals surface area contributed by atoms with E-state index in [1.165, 1.54) is 6.92 Å². The maximum atomic E-state index is 13.8. The fourth-order valence-electron chi connectivity index (χ4n) is 5.62. The van der Waals surface area contributed by atoms with E-state index >= 15 is 0 Å². The Labute approximate surface area is 270 Å². The summed E-state index contributed by atoms with van der Waals surface area (Å²) in [5.74, 6) is 1.58. The largest absolute Gasteiger partial charge is 0.359 e. The fourth-order valence-corrected chi connectivity index (χ4v) is 6.90. The van der Waals surface area contributed by atoms with Crippen LogP contribution >= 0.6 is 0 Å². The number of pyridine rings is 1. The third kappa shape index (κ3) is 6.97. The number of benzene rings is 2. The lowest BCUT2D eigenvalue weighted by molar-refractivity contribution is -0.119. The fraction of sp³-hybridized carbons (Fsp3) is 0.353. The van der Waals surface area contributed by atoms with E-state index < -0.39 is 10.0 Å². The zero-order valence-corrected chi connectivity index (χ0v) is 28.2. The summed E-state index contributed by atoms with van der Waals surface area (Å²) in [6, 6.07) is 15.2. The highest BCUT2D eigenvalue weighted by Crippen LogP contribution is 2.33. The highest BCUT2D eigenvalue weighted by Gasteiger charge is 2.24. The van der Waals surface area contributed by atoms with Gasteiger partial charge in [0.2, 0.25) is 5.91 Å². The van der Waals surface area contributed by atoms with E-state index in [0.717, 1.165) is 51.4 Å². The summed E-state index contributed by atoms with van der Waals surface area (Å²) in [5, 5.41) is 6.75. The van der Waals surface area contributed by atoms with E-state index in [-0.39, 0.29) is 16.6 Å². The monoisotopic (exact) mass is 643 g/mol. The third-order valence-corrected chi connectivity index (χ3v) is 9.49. The average Bonchev–Trinajstić information content (AvgIpc) is 3.51. The molecular formula is C34H41N7O4S. The number of hydrogen-bond acceptors (Lipinski definition) is 8. The molecule has 0 radical (unpaired) electrons. The second-order valence-corrected chi connectivity index (χ2v) is 13.4. The number of anilines is 1. The highest BCUT2D eigenvalue weighted by atomic mass is 32.2. The van der Waals surface area contributed by atoms with Crippen molar-refractivity contribution >= 4 is 32.9 Å². The molecule has 3 aromatic heterocycles. The van der Waals surface area contributed by atoms with Gasteiger partial charge in [-0.2, -0.15) is 0 Å². The molecule has 0 aliphatic rings. The van der Waals surface area contributed by atoms with Crippen LogP contribution in [0.4, 0.5) is 5.82 Å². The Hall–Kier alpha value is -4.55. The van der Waals surface area contributed by atoms with Crippen molar-refractivity contribution in [2.45, 2.75) is 65.9 Å². The molecular weight excluding hydrogens is 602 g/mol. The number of carbonyl (C=O) groups excluding carboxylic acids is 1. The smallest absolute Gasteiger partial charge is 0.263 e. The molecule has 0 aliphatic carbocycles.